The zero-order valence-electron chi connectivity index (χ0n) is 13.4. The summed E-state index contributed by atoms with van der Waals surface area (Å²) < 4.78 is 43.6. The van der Waals surface area contributed by atoms with Gasteiger partial charge >= 0.3 is 12.2 Å². The summed E-state index contributed by atoms with van der Waals surface area (Å²) in [5.74, 6) is 0.545. The summed E-state index contributed by atoms with van der Waals surface area (Å²) in [6.07, 6.45) is -2.38. The Bertz CT molecular complexity index is 403. The van der Waals surface area contributed by atoms with Crippen LogP contribution in [0.4, 0.5) is 18.0 Å². The SMILES string of the molecule is CCOC1CC(CCNC(=O)N2CCC(O)(C(F)(F)F)CC2)C1. The smallest absolute Gasteiger partial charge is 0.380 e. The molecular formula is C15H25F3N2O3. The van der Waals surface area contributed by atoms with E-state index in [0.29, 0.717) is 25.2 Å². The molecule has 5 nitrogen and oxygen atoms in total. The predicted molar refractivity (Wildman–Crippen MR) is 78.0 cm³/mol. The molecular weight excluding hydrogens is 313 g/mol. The molecule has 0 unspecified atom stereocenters. The number of aliphatic hydroxyl groups is 1. The van der Waals surface area contributed by atoms with Crippen molar-refractivity contribution in [3.8, 4) is 0 Å². The second-order valence-corrected chi connectivity index (χ2v) is 6.45. The van der Waals surface area contributed by atoms with Crippen LogP contribution >= 0.6 is 0 Å². The highest BCUT2D eigenvalue weighted by atomic mass is 19.4. The molecule has 0 aromatic carbocycles. The average molecular weight is 338 g/mol. The minimum absolute atomic E-state index is 0.0856. The van der Waals surface area contributed by atoms with Crippen LogP contribution in [0, 0.1) is 5.92 Å². The standard InChI is InChI=1S/C15H25F3N2O3/c1-2-23-12-9-11(10-12)3-6-19-13(21)20-7-4-14(22,5-8-20)15(16,17)18/h11-12,22H,2-10H2,1H3,(H,19,21). The van der Waals surface area contributed by atoms with E-state index < -0.39 is 24.6 Å². The van der Waals surface area contributed by atoms with Gasteiger partial charge in [0.1, 0.15) is 0 Å². The first-order valence-corrected chi connectivity index (χ1v) is 8.18. The van der Waals surface area contributed by atoms with E-state index in [0.717, 1.165) is 19.3 Å². The Kier molecular flexibility index (Phi) is 5.78. The number of nitrogens with one attached hydrogen (secondary N) is 1. The number of carbonyl (C=O) groups excluding carboxylic acids is 1. The molecule has 8 heteroatoms. The molecule has 1 heterocycles. The second kappa shape index (κ2) is 7.25. The van der Waals surface area contributed by atoms with Crippen molar-refractivity contribution < 1.29 is 27.8 Å². The molecule has 1 aliphatic heterocycles. The predicted octanol–water partition coefficient (Wildman–Crippen LogP) is 2.29. The molecule has 1 saturated carbocycles. The number of piperidine rings is 1. The second-order valence-electron chi connectivity index (χ2n) is 6.45. The van der Waals surface area contributed by atoms with Crippen LogP contribution in [0.15, 0.2) is 0 Å². The first-order valence-electron chi connectivity index (χ1n) is 8.18. The van der Waals surface area contributed by atoms with Crippen LogP contribution in [0.5, 0.6) is 0 Å². The maximum atomic E-state index is 12.7. The quantitative estimate of drug-likeness (QED) is 0.808. The number of urea groups is 1. The van der Waals surface area contributed by atoms with E-state index in [1.54, 1.807) is 0 Å². The fourth-order valence-corrected chi connectivity index (χ4v) is 3.14. The third-order valence-corrected chi connectivity index (χ3v) is 4.83. The monoisotopic (exact) mass is 338 g/mol. The van der Waals surface area contributed by atoms with E-state index >= 15 is 0 Å². The maximum Gasteiger partial charge on any atom is 0.417 e. The minimum atomic E-state index is -4.64. The summed E-state index contributed by atoms with van der Waals surface area (Å²) in [7, 11) is 0. The first-order chi connectivity index (χ1) is 10.7. The number of amides is 2. The van der Waals surface area contributed by atoms with Crippen LogP contribution in [-0.2, 0) is 4.74 Å². The Labute approximate surface area is 134 Å². The fraction of sp³-hybridized carbons (Fsp3) is 0.933. The number of nitrogens with zero attached hydrogens (tertiary/aromatic N) is 1. The Morgan fingerprint density at radius 2 is 1.96 bits per heavy atom. The van der Waals surface area contributed by atoms with Crippen LogP contribution in [0.2, 0.25) is 0 Å². The van der Waals surface area contributed by atoms with Crippen molar-refractivity contribution in [3.05, 3.63) is 0 Å². The minimum Gasteiger partial charge on any atom is -0.380 e. The van der Waals surface area contributed by atoms with E-state index in [2.05, 4.69) is 5.32 Å². The zero-order chi connectivity index (χ0) is 17.1. The van der Waals surface area contributed by atoms with E-state index in [9.17, 15) is 23.1 Å². The van der Waals surface area contributed by atoms with Gasteiger partial charge in [0.15, 0.2) is 5.60 Å². The van der Waals surface area contributed by atoms with Gasteiger partial charge in [-0.25, -0.2) is 4.79 Å². The lowest BCUT2D eigenvalue weighted by Crippen LogP contribution is -2.56. The van der Waals surface area contributed by atoms with Gasteiger partial charge < -0.3 is 20.1 Å². The highest BCUT2D eigenvalue weighted by molar-refractivity contribution is 5.74. The molecule has 2 N–H and O–H groups in total. The molecule has 0 spiro atoms. The van der Waals surface area contributed by atoms with Crippen molar-refractivity contribution in [2.45, 2.75) is 56.9 Å². The van der Waals surface area contributed by atoms with Gasteiger partial charge in [-0.1, -0.05) is 0 Å². The normalized spacial score (nSPS) is 27.4. The molecule has 134 valence electrons. The number of hydrogen-bond donors (Lipinski definition) is 2. The van der Waals surface area contributed by atoms with Crippen LogP contribution in [0.1, 0.15) is 39.0 Å². The Hall–Kier alpha value is -1.02. The summed E-state index contributed by atoms with van der Waals surface area (Å²) in [6.45, 7) is 3.02. The highest BCUT2D eigenvalue weighted by Gasteiger charge is 2.54. The highest BCUT2D eigenvalue weighted by Crippen LogP contribution is 2.38. The maximum absolute atomic E-state index is 12.7. The number of halogens is 3. The fourth-order valence-electron chi connectivity index (χ4n) is 3.14. The lowest BCUT2D eigenvalue weighted by Gasteiger charge is -2.39. The average Bonchev–Trinajstić information content (AvgIpc) is 2.44. The van der Waals surface area contributed by atoms with E-state index in [4.69, 9.17) is 4.74 Å². The lowest BCUT2D eigenvalue weighted by atomic mass is 9.80. The molecule has 1 aliphatic carbocycles. The first kappa shape index (κ1) is 18.3. The van der Waals surface area contributed by atoms with Crippen LogP contribution < -0.4 is 5.32 Å². The summed E-state index contributed by atoms with van der Waals surface area (Å²) in [6, 6.07) is -0.352. The molecule has 0 bridgehead atoms. The Morgan fingerprint density at radius 1 is 1.35 bits per heavy atom. The molecule has 0 aromatic rings. The van der Waals surface area contributed by atoms with Gasteiger partial charge in [-0.05, 0) is 32.1 Å². The molecule has 2 fully saturated rings. The summed E-state index contributed by atoms with van der Waals surface area (Å²) in [4.78, 5) is 13.3. The molecule has 0 atom stereocenters. The number of hydrogen-bond acceptors (Lipinski definition) is 3. The van der Waals surface area contributed by atoms with Crippen LogP contribution in [0.3, 0.4) is 0 Å². The molecule has 0 aromatic heterocycles. The molecule has 23 heavy (non-hydrogen) atoms. The van der Waals surface area contributed by atoms with Gasteiger partial charge in [-0.3, -0.25) is 0 Å². The summed E-state index contributed by atoms with van der Waals surface area (Å²) >= 11 is 0. The van der Waals surface area contributed by atoms with Crippen molar-refractivity contribution in [2.75, 3.05) is 26.2 Å². The van der Waals surface area contributed by atoms with Crippen molar-refractivity contribution >= 4 is 6.03 Å². The zero-order valence-corrected chi connectivity index (χ0v) is 13.4. The molecule has 1 saturated heterocycles. The van der Waals surface area contributed by atoms with Crippen molar-refractivity contribution in [2.24, 2.45) is 5.92 Å². The molecule has 0 radical (unpaired) electrons. The van der Waals surface area contributed by atoms with Gasteiger partial charge in [-0.15, -0.1) is 0 Å². The summed E-state index contributed by atoms with van der Waals surface area (Å²) in [5, 5.41) is 12.3. The topological polar surface area (TPSA) is 61.8 Å². The van der Waals surface area contributed by atoms with Crippen molar-refractivity contribution in [3.63, 3.8) is 0 Å². The lowest BCUT2D eigenvalue weighted by molar-refractivity contribution is -0.271. The summed E-state index contributed by atoms with van der Waals surface area (Å²) in [5.41, 5.74) is -2.66. The van der Waals surface area contributed by atoms with Gasteiger partial charge in [-0.2, -0.15) is 13.2 Å². The van der Waals surface area contributed by atoms with Gasteiger partial charge in [0.25, 0.3) is 0 Å². The van der Waals surface area contributed by atoms with Gasteiger partial charge in [0.05, 0.1) is 6.10 Å². The number of alkyl halides is 3. The molecule has 2 rings (SSSR count). The van der Waals surface area contributed by atoms with Gasteiger partial charge in [0.2, 0.25) is 0 Å². The third-order valence-electron chi connectivity index (χ3n) is 4.83. The molecule has 2 aliphatic rings. The number of ether oxygens (including phenoxy) is 1. The van der Waals surface area contributed by atoms with Gasteiger partial charge in [0, 0.05) is 39.1 Å². The third kappa shape index (κ3) is 4.50. The number of rotatable bonds is 5. The van der Waals surface area contributed by atoms with E-state index in [1.807, 2.05) is 6.92 Å². The Morgan fingerprint density at radius 3 is 2.48 bits per heavy atom. The van der Waals surface area contributed by atoms with Crippen LogP contribution in [-0.4, -0.2) is 60.2 Å². The van der Waals surface area contributed by atoms with Crippen LogP contribution in [0.25, 0.3) is 0 Å². The van der Waals surface area contributed by atoms with E-state index in [-0.39, 0.29) is 19.1 Å². The largest absolute Gasteiger partial charge is 0.417 e. The van der Waals surface area contributed by atoms with E-state index in [1.165, 1.54) is 4.90 Å². The number of likely N-dealkylation sites (tertiary alicyclic amines) is 1. The Balaban J connectivity index is 1.62. The van der Waals surface area contributed by atoms with Crippen molar-refractivity contribution in [1.29, 1.82) is 0 Å². The molecule has 2 amide bonds. The number of carbonyl (C=O) groups is 1. The van der Waals surface area contributed by atoms with Crippen molar-refractivity contribution in [1.82, 2.24) is 10.2 Å².